The zero-order valence-corrected chi connectivity index (χ0v) is 9.35. The quantitative estimate of drug-likeness (QED) is 0.330. The van der Waals surface area contributed by atoms with E-state index in [2.05, 4.69) is 38.1 Å². The van der Waals surface area contributed by atoms with Crippen molar-refractivity contribution in [3.05, 3.63) is 0 Å². The van der Waals surface area contributed by atoms with Gasteiger partial charge in [-0.2, -0.15) is 0 Å². The molecule has 0 heterocycles. The summed E-state index contributed by atoms with van der Waals surface area (Å²) in [6.45, 7) is 0. The number of rotatable bonds is 0. The first-order chi connectivity index (χ1) is 2.83. The number of hydrogen-bond donors (Lipinski definition) is 0. The Balaban J connectivity index is -0.0000000400. The topological polar surface area (TPSA) is 0 Å². The Hall–Kier alpha value is 0.482. The summed E-state index contributed by atoms with van der Waals surface area (Å²) in [6.07, 6.45) is 8.82. The summed E-state index contributed by atoms with van der Waals surface area (Å²) in [4.78, 5) is 0. The molecule has 3 heteroatoms. The average Bonchev–Trinajstić information content (AvgIpc) is 1.39. The van der Waals surface area contributed by atoms with Crippen LogP contribution in [0.4, 0.5) is 0 Å². The van der Waals surface area contributed by atoms with Gasteiger partial charge in [0, 0.05) is 0 Å². The van der Waals surface area contributed by atoms with Gasteiger partial charge in [0.1, 0.15) is 0 Å². The molecule has 0 saturated carbocycles. The number of terminal acetylenes is 2. The SMILES string of the molecule is C#C[S-].C#C[S-].[Cd+2]. The Morgan fingerprint density at radius 2 is 1.00 bits per heavy atom. The van der Waals surface area contributed by atoms with Gasteiger partial charge in [0.15, 0.2) is 0 Å². The molecular weight excluding hydrogens is 225 g/mol. The predicted octanol–water partition coefficient (Wildman–Crippen LogP) is 0.245. The van der Waals surface area contributed by atoms with E-state index in [4.69, 9.17) is 0 Å². The van der Waals surface area contributed by atoms with E-state index in [0.717, 1.165) is 0 Å². The summed E-state index contributed by atoms with van der Waals surface area (Å²) in [7, 11) is 0. The molecule has 0 aromatic carbocycles. The summed E-state index contributed by atoms with van der Waals surface area (Å²) in [6, 6.07) is 0. The Bertz CT molecular complexity index is 64.7. The van der Waals surface area contributed by atoms with Gasteiger partial charge in [-0.1, -0.05) is 0 Å². The molecule has 0 amide bonds. The van der Waals surface area contributed by atoms with Crippen LogP contribution >= 0.6 is 0 Å². The first-order valence-electron chi connectivity index (χ1n) is 0.986. The van der Waals surface area contributed by atoms with Crippen molar-refractivity contribution in [2.24, 2.45) is 0 Å². The van der Waals surface area contributed by atoms with E-state index < -0.39 is 0 Å². The van der Waals surface area contributed by atoms with Crippen molar-refractivity contribution in [3.63, 3.8) is 0 Å². The first kappa shape index (κ1) is 15.6. The molecule has 0 atom stereocenters. The largest absolute Gasteiger partial charge is 2.00 e. The fraction of sp³-hybridized carbons (Fsp3) is 0. The minimum Gasteiger partial charge on any atom is -0.725 e. The normalized spacial score (nSPS) is 2.00. The van der Waals surface area contributed by atoms with Crippen LogP contribution < -0.4 is 0 Å². The maximum Gasteiger partial charge on any atom is 2.00 e. The van der Waals surface area contributed by atoms with E-state index in [-0.39, 0.29) is 27.3 Å². The molecule has 0 fully saturated rings. The second-order valence-electron chi connectivity index (χ2n) is 0.236. The van der Waals surface area contributed by atoms with Gasteiger partial charge >= 0.3 is 27.3 Å². The second-order valence-corrected chi connectivity index (χ2v) is 0.707. The first-order valence-corrected chi connectivity index (χ1v) is 1.80. The third kappa shape index (κ3) is 560. The summed E-state index contributed by atoms with van der Waals surface area (Å²) in [5.41, 5.74) is 0. The summed E-state index contributed by atoms with van der Waals surface area (Å²) < 4.78 is 0. The molecule has 0 nitrogen and oxygen atoms in total. The minimum absolute atomic E-state index is 0. The van der Waals surface area contributed by atoms with Crippen molar-refractivity contribution in [3.8, 4) is 23.4 Å². The molecule has 0 radical (unpaired) electrons. The van der Waals surface area contributed by atoms with Crippen LogP contribution in [0.2, 0.25) is 0 Å². The van der Waals surface area contributed by atoms with Crippen LogP contribution in [0.15, 0.2) is 0 Å². The van der Waals surface area contributed by atoms with Crippen molar-refractivity contribution < 1.29 is 27.3 Å². The number of hydrogen-bond acceptors (Lipinski definition) is 2. The van der Waals surface area contributed by atoms with Crippen molar-refractivity contribution in [1.29, 1.82) is 0 Å². The molecule has 32 valence electrons. The van der Waals surface area contributed by atoms with E-state index in [0.29, 0.717) is 0 Å². The van der Waals surface area contributed by atoms with Crippen molar-refractivity contribution in [1.82, 2.24) is 0 Å². The van der Waals surface area contributed by atoms with Gasteiger partial charge < -0.3 is 25.3 Å². The standard InChI is InChI=1S/2C2H2S.Cd/c2*1-2-3;/h2*1,3H;/q;;+2/p-2. The maximum absolute atomic E-state index is 4.41. The van der Waals surface area contributed by atoms with Gasteiger partial charge in [-0.05, 0) is 0 Å². The van der Waals surface area contributed by atoms with E-state index in [1.165, 1.54) is 0 Å². The molecule has 0 bridgehead atoms. The molecule has 0 aromatic heterocycles. The van der Waals surface area contributed by atoms with Crippen molar-refractivity contribution in [2.45, 2.75) is 0 Å². The Morgan fingerprint density at radius 1 is 1.00 bits per heavy atom. The molecule has 0 spiro atoms. The summed E-state index contributed by atoms with van der Waals surface area (Å²) in [5, 5.41) is 3.67. The Kier molecular flexibility index (Phi) is 70.7. The van der Waals surface area contributed by atoms with Crippen LogP contribution in [0, 0.1) is 23.4 Å². The van der Waals surface area contributed by atoms with Crippen LogP contribution in [0.25, 0.3) is 0 Å². The van der Waals surface area contributed by atoms with E-state index in [1.54, 1.807) is 0 Å². The zero-order chi connectivity index (χ0) is 5.41. The smallest absolute Gasteiger partial charge is 0.725 e. The van der Waals surface area contributed by atoms with Gasteiger partial charge in [-0.25, -0.2) is 0 Å². The van der Waals surface area contributed by atoms with Gasteiger partial charge in [0.05, 0.1) is 0 Å². The zero-order valence-electron chi connectivity index (χ0n) is 3.68. The Labute approximate surface area is 75.4 Å². The van der Waals surface area contributed by atoms with E-state index in [1.807, 2.05) is 10.5 Å². The second kappa shape index (κ2) is 31.6. The van der Waals surface area contributed by atoms with Crippen LogP contribution in [0.1, 0.15) is 0 Å². The van der Waals surface area contributed by atoms with Crippen molar-refractivity contribution >= 4 is 25.3 Å². The van der Waals surface area contributed by atoms with Crippen LogP contribution in [-0.4, -0.2) is 0 Å². The average molecular weight is 227 g/mol. The molecule has 0 aliphatic rings. The fourth-order valence-electron chi connectivity index (χ4n) is 0. The molecule has 0 aliphatic heterocycles. The molecule has 0 aromatic rings. The van der Waals surface area contributed by atoms with Crippen LogP contribution in [0.5, 0.6) is 0 Å². The van der Waals surface area contributed by atoms with Crippen molar-refractivity contribution in [2.75, 3.05) is 0 Å². The third-order valence-electron chi connectivity index (χ3n) is 0. The third-order valence-corrected chi connectivity index (χ3v) is 0. The van der Waals surface area contributed by atoms with Crippen LogP contribution in [-0.2, 0) is 52.6 Å². The maximum atomic E-state index is 4.41. The molecular formula is C4H2CdS2. The molecule has 0 aliphatic carbocycles. The summed E-state index contributed by atoms with van der Waals surface area (Å²) >= 11 is 7.84. The van der Waals surface area contributed by atoms with E-state index in [9.17, 15) is 0 Å². The minimum atomic E-state index is 0. The van der Waals surface area contributed by atoms with Gasteiger partial charge in [0.25, 0.3) is 0 Å². The molecule has 0 N–H and O–H groups in total. The molecule has 0 rings (SSSR count). The Morgan fingerprint density at radius 3 is 1.00 bits per heavy atom. The van der Waals surface area contributed by atoms with Crippen LogP contribution in [0.3, 0.4) is 0 Å². The molecule has 0 unspecified atom stereocenters. The van der Waals surface area contributed by atoms with E-state index >= 15 is 0 Å². The fourth-order valence-corrected chi connectivity index (χ4v) is 0. The van der Waals surface area contributed by atoms with Gasteiger partial charge in [-0.15, -0.1) is 12.8 Å². The molecule has 7 heavy (non-hydrogen) atoms. The monoisotopic (exact) mass is 228 g/mol. The molecule has 0 saturated heterocycles. The predicted molar refractivity (Wildman–Crippen MR) is 32.4 cm³/mol. The van der Waals surface area contributed by atoms with Gasteiger partial charge in [-0.3, -0.25) is 10.5 Å². The summed E-state index contributed by atoms with van der Waals surface area (Å²) in [5.74, 6) is 0. The van der Waals surface area contributed by atoms with Gasteiger partial charge in [0.2, 0.25) is 0 Å².